The fourth-order valence-corrected chi connectivity index (χ4v) is 1.89. The van der Waals surface area contributed by atoms with Crippen LogP contribution in [0, 0.1) is 5.41 Å². The molecule has 1 N–H and O–H groups in total. The van der Waals surface area contributed by atoms with Crippen molar-refractivity contribution in [1.29, 1.82) is 0 Å². The molecular weight excluding hydrogens is 258 g/mol. The van der Waals surface area contributed by atoms with Crippen molar-refractivity contribution in [3.8, 4) is 5.75 Å². The van der Waals surface area contributed by atoms with Crippen molar-refractivity contribution in [3.63, 3.8) is 0 Å². The summed E-state index contributed by atoms with van der Waals surface area (Å²) in [6.45, 7) is 19.4. The monoisotopic (exact) mass is 291 g/mol. The van der Waals surface area contributed by atoms with Crippen LogP contribution in [-0.2, 0) is 5.41 Å². The van der Waals surface area contributed by atoms with Gasteiger partial charge in [0.1, 0.15) is 5.75 Å². The number of hydrogen-bond acceptors (Lipinski definition) is 2. The Morgan fingerprint density at radius 3 is 1.81 bits per heavy atom. The van der Waals surface area contributed by atoms with Gasteiger partial charge in [0.25, 0.3) is 0 Å². The van der Waals surface area contributed by atoms with Crippen LogP contribution >= 0.6 is 0 Å². The average Bonchev–Trinajstić information content (AvgIpc) is 2.33. The van der Waals surface area contributed by atoms with Crippen LogP contribution in [0.25, 0.3) is 0 Å². The second kappa shape index (κ2) is 6.39. The van der Waals surface area contributed by atoms with Crippen molar-refractivity contribution in [2.75, 3.05) is 13.2 Å². The molecule has 0 unspecified atom stereocenters. The highest BCUT2D eigenvalue weighted by atomic mass is 16.5. The molecule has 2 heteroatoms. The van der Waals surface area contributed by atoms with E-state index in [-0.39, 0.29) is 16.4 Å². The molecule has 0 saturated carbocycles. The van der Waals surface area contributed by atoms with Crippen LogP contribution in [0.2, 0.25) is 0 Å². The second-order valence-electron chi connectivity index (χ2n) is 8.83. The van der Waals surface area contributed by atoms with E-state index in [4.69, 9.17) is 4.74 Å². The zero-order chi connectivity index (χ0) is 16.3. The molecule has 0 aromatic heterocycles. The molecule has 2 nitrogen and oxygen atoms in total. The van der Waals surface area contributed by atoms with Crippen LogP contribution in [-0.4, -0.2) is 18.7 Å². The molecule has 1 rings (SSSR count). The Balaban J connectivity index is 2.54. The highest BCUT2D eigenvalue weighted by Crippen LogP contribution is 2.25. The van der Waals surface area contributed by atoms with Gasteiger partial charge in [0, 0.05) is 17.5 Å². The van der Waals surface area contributed by atoms with Gasteiger partial charge in [-0.05, 0) is 43.9 Å². The molecular formula is C19H33NO. The van der Waals surface area contributed by atoms with Crippen LogP contribution in [0.1, 0.15) is 61.0 Å². The molecule has 0 amide bonds. The SMILES string of the molecule is CC(C)(CNC(C)(C)C)COc1ccc(C(C)(C)C)cc1. The second-order valence-corrected chi connectivity index (χ2v) is 8.83. The number of hydrogen-bond donors (Lipinski definition) is 1. The molecule has 0 saturated heterocycles. The van der Waals surface area contributed by atoms with E-state index in [0.29, 0.717) is 6.61 Å². The van der Waals surface area contributed by atoms with E-state index >= 15 is 0 Å². The average molecular weight is 291 g/mol. The lowest BCUT2D eigenvalue weighted by atomic mass is 9.87. The van der Waals surface area contributed by atoms with Crippen molar-refractivity contribution in [3.05, 3.63) is 29.8 Å². The summed E-state index contributed by atoms with van der Waals surface area (Å²) in [5.74, 6) is 0.951. The standard InChI is InChI=1S/C19H33NO/c1-17(2,3)15-9-11-16(12-10-15)21-14-19(7,8)13-20-18(4,5)6/h9-12,20H,13-14H2,1-8H3. The van der Waals surface area contributed by atoms with Crippen LogP contribution < -0.4 is 10.1 Å². The Kier molecular flexibility index (Phi) is 5.49. The summed E-state index contributed by atoms with van der Waals surface area (Å²) in [7, 11) is 0. The predicted molar refractivity (Wildman–Crippen MR) is 92.2 cm³/mol. The Morgan fingerprint density at radius 2 is 1.38 bits per heavy atom. The van der Waals surface area contributed by atoms with Gasteiger partial charge in [-0.2, -0.15) is 0 Å². The van der Waals surface area contributed by atoms with Crippen molar-refractivity contribution in [1.82, 2.24) is 5.32 Å². The highest BCUT2D eigenvalue weighted by molar-refractivity contribution is 5.31. The molecule has 0 fully saturated rings. The molecule has 0 atom stereocenters. The van der Waals surface area contributed by atoms with E-state index in [1.165, 1.54) is 5.56 Å². The van der Waals surface area contributed by atoms with Crippen LogP contribution in [0.5, 0.6) is 5.75 Å². The molecule has 1 aromatic rings. The van der Waals surface area contributed by atoms with Crippen molar-refractivity contribution >= 4 is 0 Å². The van der Waals surface area contributed by atoms with E-state index in [1.807, 2.05) is 0 Å². The highest BCUT2D eigenvalue weighted by Gasteiger charge is 2.22. The number of nitrogens with one attached hydrogen (secondary N) is 1. The molecule has 0 aliphatic carbocycles. The van der Waals surface area contributed by atoms with Gasteiger partial charge < -0.3 is 10.1 Å². The summed E-state index contributed by atoms with van der Waals surface area (Å²) >= 11 is 0. The molecule has 0 heterocycles. The minimum atomic E-state index is 0.107. The maximum absolute atomic E-state index is 5.96. The third-order valence-electron chi connectivity index (χ3n) is 3.45. The molecule has 0 spiro atoms. The summed E-state index contributed by atoms with van der Waals surface area (Å²) in [6, 6.07) is 8.48. The lowest BCUT2D eigenvalue weighted by Gasteiger charge is -2.30. The van der Waals surface area contributed by atoms with E-state index < -0.39 is 0 Å². The summed E-state index contributed by atoms with van der Waals surface area (Å²) in [5, 5.41) is 3.55. The van der Waals surface area contributed by atoms with E-state index in [2.05, 4.69) is 85.0 Å². The Hall–Kier alpha value is -1.02. The Bertz CT molecular complexity index is 432. The maximum Gasteiger partial charge on any atom is 0.119 e. The fraction of sp³-hybridized carbons (Fsp3) is 0.684. The Morgan fingerprint density at radius 1 is 0.857 bits per heavy atom. The number of ether oxygens (including phenoxy) is 1. The fourth-order valence-electron chi connectivity index (χ4n) is 1.89. The minimum Gasteiger partial charge on any atom is -0.493 e. The predicted octanol–water partition coefficient (Wildman–Crippen LogP) is 4.78. The lowest BCUT2D eigenvalue weighted by Crippen LogP contribution is -2.43. The first kappa shape index (κ1) is 18.0. The summed E-state index contributed by atoms with van der Waals surface area (Å²) in [6.07, 6.45) is 0. The zero-order valence-electron chi connectivity index (χ0n) is 15.1. The van der Waals surface area contributed by atoms with Gasteiger partial charge in [0.2, 0.25) is 0 Å². The topological polar surface area (TPSA) is 21.3 Å². The number of benzene rings is 1. The van der Waals surface area contributed by atoms with Gasteiger partial charge in [-0.1, -0.05) is 46.8 Å². The first-order chi connectivity index (χ1) is 9.39. The van der Waals surface area contributed by atoms with Crippen LogP contribution in [0.4, 0.5) is 0 Å². The molecule has 0 bridgehead atoms. The van der Waals surface area contributed by atoms with Crippen molar-refractivity contribution in [2.45, 2.75) is 66.3 Å². The molecule has 21 heavy (non-hydrogen) atoms. The maximum atomic E-state index is 5.96. The Labute approximate surface area is 131 Å². The smallest absolute Gasteiger partial charge is 0.119 e. The van der Waals surface area contributed by atoms with Gasteiger partial charge in [0.15, 0.2) is 0 Å². The molecule has 0 radical (unpaired) electrons. The van der Waals surface area contributed by atoms with E-state index in [9.17, 15) is 0 Å². The largest absolute Gasteiger partial charge is 0.493 e. The summed E-state index contributed by atoms with van der Waals surface area (Å²) < 4.78 is 5.96. The lowest BCUT2D eigenvalue weighted by molar-refractivity contribution is 0.166. The van der Waals surface area contributed by atoms with Gasteiger partial charge in [-0.25, -0.2) is 0 Å². The van der Waals surface area contributed by atoms with Crippen LogP contribution in [0.15, 0.2) is 24.3 Å². The van der Waals surface area contributed by atoms with Crippen molar-refractivity contribution in [2.24, 2.45) is 5.41 Å². The normalized spacial score (nSPS) is 13.3. The molecule has 120 valence electrons. The van der Waals surface area contributed by atoms with Crippen molar-refractivity contribution < 1.29 is 4.74 Å². The number of rotatable bonds is 5. The minimum absolute atomic E-state index is 0.107. The zero-order valence-corrected chi connectivity index (χ0v) is 15.1. The molecule has 1 aromatic carbocycles. The molecule has 0 aliphatic heterocycles. The van der Waals surface area contributed by atoms with Gasteiger partial charge >= 0.3 is 0 Å². The van der Waals surface area contributed by atoms with E-state index in [0.717, 1.165) is 12.3 Å². The summed E-state index contributed by atoms with van der Waals surface area (Å²) in [4.78, 5) is 0. The van der Waals surface area contributed by atoms with E-state index in [1.54, 1.807) is 0 Å². The third-order valence-corrected chi connectivity index (χ3v) is 3.45. The first-order valence-corrected chi connectivity index (χ1v) is 7.87. The van der Waals surface area contributed by atoms with Crippen LogP contribution in [0.3, 0.4) is 0 Å². The van der Waals surface area contributed by atoms with Gasteiger partial charge in [-0.15, -0.1) is 0 Å². The molecule has 0 aliphatic rings. The van der Waals surface area contributed by atoms with Gasteiger partial charge in [-0.3, -0.25) is 0 Å². The third kappa shape index (κ3) is 6.99. The quantitative estimate of drug-likeness (QED) is 0.843. The summed E-state index contributed by atoms with van der Waals surface area (Å²) in [5.41, 5.74) is 1.78. The van der Waals surface area contributed by atoms with Gasteiger partial charge in [0.05, 0.1) is 6.61 Å². The first-order valence-electron chi connectivity index (χ1n) is 7.87.